The van der Waals surface area contributed by atoms with E-state index in [1.165, 1.54) is 54.5 Å². The summed E-state index contributed by atoms with van der Waals surface area (Å²) in [5.74, 6) is 1.87. The molecular formula is C52H32N4O. The fourth-order valence-electron chi connectivity index (χ4n) is 8.74. The van der Waals surface area contributed by atoms with E-state index in [9.17, 15) is 0 Å². The van der Waals surface area contributed by atoms with Gasteiger partial charge in [0.25, 0.3) is 0 Å². The van der Waals surface area contributed by atoms with Crippen molar-refractivity contribution in [1.82, 2.24) is 19.5 Å². The number of hydrogen-bond donors (Lipinski definition) is 0. The normalized spacial score (nSPS) is 12.7. The third-order valence-corrected chi connectivity index (χ3v) is 11.4. The van der Waals surface area contributed by atoms with Crippen molar-refractivity contribution in [2.45, 2.75) is 6.42 Å². The van der Waals surface area contributed by atoms with E-state index < -0.39 is 0 Å². The van der Waals surface area contributed by atoms with Crippen molar-refractivity contribution in [1.29, 1.82) is 0 Å². The first-order chi connectivity index (χ1) is 28.2. The van der Waals surface area contributed by atoms with Gasteiger partial charge in [-0.3, -0.25) is 0 Å². The maximum atomic E-state index is 6.59. The first kappa shape index (κ1) is 31.7. The molecule has 0 aliphatic heterocycles. The molecule has 57 heavy (non-hydrogen) atoms. The molecule has 0 atom stereocenters. The van der Waals surface area contributed by atoms with E-state index in [4.69, 9.17) is 19.4 Å². The summed E-state index contributed by atoms with van der Waals surface area (Å²) in [5, 5.41) is 9.62. The van der Waals surface area contributed by atoms with E-state index in [1.807, 2.05) is 30.3 Å². The fraction of sp³-hybridized carbons (Fsp3) is 0.0192. The van der Waals surface area contributed by atoms with Gasteiger partial charge in [-0.1, -0.05) is 133 Å². The van der Waals surface area contributed by atoms with Crippen LogP contribution in [0.2, 0.25) is 0 Å². The largest absolute Gasteiger partial charge is 0.456 e. The number of nitrogens with zero attached hydrogens (tertiary/aromatic N) is 4. The zero-order valence-electron chi connectivity index (χ0n) is 30.7. The van der Waals surface area contributed by atoms with Gasteiger partial charge in [0.15, 0.2) is 17.5 Å². The lowest BCUT2D eigenvalue weighted by molar-refractivity contribution is 0.669. The van der Waals surface area contributed by atoms with Crippen LogP contribution in [-0.4, -0.2) is 19.5 Å². The van der Waals surface area contributed by atoms with Gasteiger partial charge in [-0.25, -0.2) is 15.0 Å². The van der Waals surface area contributed by atoms with Gasteiger partial charge >= 0.3 is 0 Å². The molecule has 0 spiro atoms. The van der Waals surface area contributed by atoms with E-state index in [-0.39, 0.29) is 0 Å². The van der Waals surface area contributed by atoms with Gasteiger partial charge in [-0.2, -0.15) is 0 Å². The molecule has 0 bridgehead atoms. The van der Waals surface area contributed by atoms with Gasteiger partial charge in [0, 0.05) is 43.9 Å². The van der Waals surface area contributed by atoms with Crippen LogP contribution in [-0.2, 0) is 6.42 Å². The minimum absolute atomic E-state index is 0.598. The minimum Gasteiger partial charge on any atom is -0.456 e. The molecule has 5 heteroatoms. The van der Waals surface area contributed by atoms with Gasteiger partial charge in [0.2, 0.25) is 0 Å². The van der Waals surface area contributed by atoms with Crippen molar-refractivity contribution < 1.29 is 4.42 Å². The van der Waals surface area contributed by atoms with E-state index >= 15 is 0 Å². The van der Waals surface area contributed by atoms with Gasteiger partial charge in [0.1, 0.15) is 11.2 Å². The van der Waals surface area contributed by atoms with Crippen molar-refractivity contribution in [3.63, 3.8) is 0 Å². The Morgan fingerprint density at radius 2 is 1.11 bits per heavy atom. The van der Waals surface area contributed by atoms with Crippen LogP contribution in [0.4, 0.5) is 0 Å². The van der Waals surface area contributed by atoms with E-state index in [1.54, 1.807) is 0 Å². The molecule has 0 saturated heterocycles. The summed E-state index contributed by atoms with van der Waals surface area (Å²) < 4.78 is 8.99. The molecule has 0 fully saturated rings. The van der Waals surface area contributed by atoms with Crippen LogP contribution in [0.5, 0.6) is 0 Å². The molecule has 0 radical (unpaired) electrons. The Labute approximate surface area is 327 Å². The lowest BCUT2D eigenvalue weighted by Gasteiger charge is -2.10. The summed E-state index contributed by atoms with van der Waals surface area (Å²) in [4.78, 5) is 15.1. The Morgan fingerprint density at radius 3 is 1.84 bits per heavy atom. The molecule has 3 aromatic heterocycles. The average molecular weight is 729 g/mol. The highest BCUT2D eigenvalue weighted by Gasteiger charge is 2.20. The maximum Gasteiger partial charge on any atom is 0.164 e. The van der Waals surface area contributed by atoms with Crippen molar-refractivity contribution in [3.05, 3.63) is 187 Å². The summed E-state index contributed by atoms with van der Waals surface area (Å²) in [6.45, 7) is 0. The standard InChI is InChI=1S/C52H32N4O/c1-3-11-32-19-20-37(29-36(32)16-6-1)51-53-50(35-14-4-2-5-15-35)54-52(55-51)38-21-25-42-43-31-39(24-28-46(43)57-47(42)30-38)56-44-26-22-33-12-7-9-17-40(33)48(44)49-41-18-10-8-13-34(41)23-27-45(49)56/h1-15,17-31H,16H2. The zero-order chi connectivity index (χ0) is 37.5. The Balaban J connectivity index is 1.02. The number of furan rings is 1. The third kappa shape index (κ3) is 5.06. The van der Waals surface area contributed by atoms with Gasteiger partial charge in [-0.05, 0) is 87.6 Å². The number of hydrogen-bond acceptors (Lipinski definition) is 4. The fourth-order valence-corrected chi connectivity index (χ4v) is 8.74. The van der Waals surface area contributed by atoms with E-state index in [0.29, 0.717) is 17.5 Å². The van der Waals surface area contributed by atoms with Crippen LogP contribution >= 0.6 is 0 Å². The number of rotatable bonds is 4. The maximum absolute atomic E-state index is 6.59. The summed E-state index contributed by atoms with van der Waals surface area (Å²) in [6, 6.07) is 55.8. The summed E-state index contributed by atoms with van der Waals surface area (Å²) in [6.07, 6.45) is 9.36. The molecule has 11 aromatic rings. The molecule has 0 amide bonds. The van der Waals surface area contributed by atoms with Crippen molar-refractivity contribution in [2.75, 3.05) is 0 Å². The molecule has 0 N–H and O–H groups in total. The molecule has 5 nitrogen and oxygen atoms in total. The Bertz CT molecular complexity index is 3400. The lowest BCUT2D eigenvalue weighted by Crippen LogP contribution is -2.00. The zero-order valence-corrected chi connectivity index (χ0v) is 30.7. The Kier molecular flexibility index (Phi) is 6.92. The topological polar surface area (TPSA) is 56.7 Å². The SMILES string of the molecule is C1=CCc2cc(-c3nc(-c4ccccc4)nc(-c4ccc5c(c4)oc4ccc(-n6c7ccc8ccccc8c7c7c8ccccc8ccc76)cc45)n3)ccc2C=C1. The molecule has 0 unspecified atom stereocenters. The quantitative estimate of drug-likeness (QED) is 0.181. The van der Waals surface area contributed by atoms with E-state index in [0.717, 1.165) is 50.7 Å². The monoisotopic (exact) mass is 728 g/mol. The molecule has 3 heterocycles. The number of fused-ring (bicyclic) bond motifs is 11. The van der Waals surface area contributed by atoms with Crippen molar-refractivity contribution in [2.24, 2.45) is 0 Å². The van der Waals surface area contributed by atoms with Gasteiger partial charge in [0.05, 0.1) is 11.0 Å². The summed E-state index contributed by atoms with van der Waals surface area (Å²) in [5.41, 5.74) is 10.3. The molecule has 1 aliphatic carbocycles. The number of benzene rings is 8. The predicted molar refractivity (Wildman–Crippen MR) is 235 cm³/mol. The Morgan fingerprint density at radius 1 is 0.456 bits per heavy atom. The van der Waals surface area contributed by atoms with Crippen LogP contribution in [0.25, 0.3) is 111 Å². The minimum atomic E-state index is 0.598. The molecule has 0 saturated carbocycles. The van der Waals surface area contributed by atoms with Gasteiger partial charge < -0.3 is 8.98 Å². The smallest absolute Gasteiger partial charge is 0.164 e. The van der Waals surface area contributed by atoms with Crippen molar-refractivity contribution >= 4 is 71.4 Å². The van der Waals surface area contributed by atoms with Crippen LogP contribution < -0.4 is 0 Å². The highest BCUT2D eigenvalue weighted by atomic mass is 16.3. The highest BCUT2D eigenvalue weighted by Crippen LogP contribution is 2.42. The number of allylic oxidation sites excluding steroid dienone is 3. The van der Waals surface area contributed by atoms with Crippen LogP contribution in [0.15, 0.2) is 180 Å². The average Bonchev–Trinajstić information content (AvgIpc) is 3.71. The highest BCUT2D eigenvalue weighted by molar-refractivity contribution is 6.28. The third-order valence-electron chi connectivity index (χ3n) is 11.4. The van der Waals surface area contributed by atoms with Crippen LogP contribution in [0.1, 0.15) is 11.1 Å². The summed E-state index contributed by atoms with van der Waals surface area (Å²) >= 11 is 0. The molecule has 1 aliphatic rings. The van der Waals surface area contributed by atoms with E-state index in [2.05, 4.69) is 156 Å². The molecule has 8 aromatic carbocycles. The molecule has 266 valence electrons. The predicted octanol–water partition coefficient (Wildman–Crippen LogP) is 13.3. The first-order valence-electron chi connectivity index (χ1n) is 19.3. The lowest BCUT2D eigenvalue weighted by atomic mass is 10.00. The van der Waals surface area contributed by atoms with Gasteiger partial charge in [-0.15, -0.1) is 0 Å². The Hall–Kier alpha value is -7.63. The second-order valence-electron chi connectivity index (χ2n) is 14.8. The first-order valence-corrected chi connectivity index (χ1v) is 19.3. The number of aromatic nitrogens is 4. The molecule has 12 rings (SSSR count). The summed E-state index contributed by atoms with van der Waals surface area (Å²) in [7, 11) is 0. The van der Waals surface area contributed by atoms with Crippen molar-refractivity contribution in [3.8, 4) is 39.9 Å². The second-order valence-corrected chi connectivity index (χ2v) is 14.8. The second kappa shape index (κ2) is 12.4. The van der Waals surface area contributed by atoms with Crippen LogP contribution in [0, 0.1) is 0 Å². The van der Waals surface area contributed by atoms with Crippen LogP contribution in [0.3, 0.4) is 0 Å². The molecular weight excluding hydrogens is 697 g/mol.